The van der Waals surface area contributed by atoms with E-state index in [0.717, 1.165) is 25.7 Å². The van der Waals surface area contributed by atoms with Crippen LogP contribution in [0.2, 0.25) is 0 Å². The minimum atomic E-state index is 0. The second kappa shape index (κ2) is 11.9. The lowest BCUT2D eigenvalue weighted by atomic mass is 10.1. The molecule has 2 rings (SSSR count). The molecule has 0 saturated carbocycles. The lowest BCUT2D eigenvalue weighted by molar-refractivity contribution is 0.133. The van der Waals surface area contributed by atoms with Gasteiger partial charge in [-0.1, -0.05) is 54.6 Å². The van der Waals surface area contributed by atoms with E-state index in [-0.39, 0.29) is 24.0 Å². The summed E-state index contributed by atoms with van der Waals surface area (Å²) in [6, 6.07) is 18.6. The highest BCUT2D eigenvalue weighted by Crippen LogP contribution is 2.10. The van der Waals surface area contributed by atoms with Crippen molar-refractivity contribution in [2.45, 2.75) is 26.6 Å². The molecule has 5 heteroatoms. The fraction of sp³-hybridized carbons (Fsp3) is 0.316. The van der Waals surface area contributed by atoms with Gasteiger partial charge in [0.2, 0.25) is 0 Å². The molecule has 0 unspecified atom stereocenters. The zero-order valence-corrected chi connectivity index (χ0v) is 16.6. The van der Waals surface area contributed by atoms with Crippen molar-refractivity contribution in [3.05, 3.63) is 71.3 Å². The monoisotopic (exact) mass is 439 g/mol. The molecule has 0 bridgehead atoms. The van der Waals surface area contributed by atoms with E-state index in [2.05, 4.69) is 39.9 Å². The van der Waals surface area contributed by atoms with Crippen molar-refractivity contribution in [3.63, 3.8) is 0 Å². The molecule has 0 saturated heterocycles. The highest BCUT2D eigenvalue weighted by molar-refractivity contribution is 14.0. The first-order valence-corrected chi connectivity index (χ1v) is 7.96. The average Bonchev–Trinajstić information content (AvgIpc) is 2.61. The van der Waals surface area contributed by atoms with E-state index in [9.17, 15) is 0 Å². The summed E-state index contributed by atoms with van der Waals surface area (Å²) in [7, 11) is 1.78. The number of benzene rings is 2. The number of rotatable bonds is 7. The number of guanidine groups is 1. The number of aliphatic imine (C=N–C) groups is 1. The van der Waals surface area contributed by atoms with Gasteiger partial charge in [-0.25, -0.2) is 0 Å². The molecule has 0 amide bonds. The Morgan fingerprint density at radius 2 is 1.54 bits per heavy atom. The number of ether oxygens (including phenoxy) is 1. The van der Waals surface area contributed by atoms with E-state index in [0.29, 0.717) is 6.61 Å². The summed E-state index contributed by atoms with van der Waals surface area (Å²) in [4.78, 5) is 4.27. The first-order chi connectivity index (χ1) is 11.3. The molecule has 2 N–H and O–H groups in total. The van der Waals surface area contributed by atoms with E-state index < -0.39 is 0 Å². The summed E-state index contributed by atoms with van der Waals surface area (Å²) >= 11 is 0. The van der Waals surface area contributed by atoms with Crippen LogP contribution >= 0.6 is 24.0 Å². The molecule has 4 nitrogen and oxygen atoms in total. The van der Waals surface area contributed by atoms with Gasteiger partial charge in [0.25, 0.3) is 0 Å². The van der Waals surface area contributed by atoms with Gasteiger partial charge in [-0.05, 0) is 23.6 Å². The van der Waals surface area contributed by atoms with Crippen molar-refractivity contribution in [1.29, 1.82) is 0 Å². The molecule has 0 aliphatic carbocycles. The summed E-state index contributed by atoms with van der Waals surface area (Å²) in [6.45, 7) is 4.85. The maximum Gasteiger partial charge on any atom is 0.191 e. The molecule has 0 spiro atoms. The Bertz CT molecular complexity index is 617. The summed E-state index contributed by atoms with van der Waals surface area (Å²) in [5, 5.41) is 6.68. The largest absolute Gasteiger partial charge is 0.377 e. The van der Waals surface area contributed by atoms with Crippen molar-refractivity contribution in [1.82, 2.24) is 10.6 Å². The minimum Gasteiger partial charge on any atom is -0.377 e. The summed E-state index contributed by atoms with van der Waals surface area (Å²) in [6.07, 6.45) is 0. The molecule has 130 valence electrons. The van der Waals surface area contributed by atoms with Crippen molar-refractivity contribution in [2.24, 2.45) is 4.99 Å². The lowest BCUT2D eigenvalue weighted by Crippen LogP contribution is -2.36. The van der Waals surface area contributed by atoms with Crippen LogP contribution in [0, 0.1) is 0 Å². The molecule has 24 heavy (non-hydrogen) atoms. The molecule has 0 aliphatic rings. The second-order valence-electron chi connectivity index (χ2n) is 5.17. The molecule has 0 heterocycles. The van der Waals surface area contributed by atoms with Gasteiger partial charge in [-0.2, -0.15) is 0 Å². The molecule has 0 radical (unpaired) electrons. The number of nitrogens with one attached hydrogen (secondary N) is 2. The molecular weight excluding hydrogens is 413 g/mol. The van der Waals surface area contributed by atoms with Crippen molar-refractivity contribution < 1.29 is 4.74 Å². The van der Waals surface area contributed by atoms with E-state index in [1.807, 2.05) is 37.3 Å². The lowest BCUT2D eigenvalue weighted by Gasteiger charge is -2.14. The normalized spacial score (nSPS) is 10.8. The van der Waals surface area contributed by atoms with E-state index >= 15 is 0 Å². The van der Waals surface area contributed by atoms with E-state index in [1.165, 1.54) is 16.7 Å². The number of halogens is 1. The summed E-state index contributed by atoms with van der Waals surface area (Å²) in [5.41, 5.74) is 3.66. The molecule has 2 aromatic rings. The topological polar surface area (TPSA) is 45.6 Å². The van der Waals surface area contributed by atoms with Crippen molar-refractivity contribution in [3.8, 4) is 0 Å². The zero-order valence-electron chi connectivity index (χ0n) is 14.3. The van der Waals surface area contributed by atoms with Gasteiger partial charge < -0.3 is 15.4 Å². The number of hydrogen-bond acceptors (Lipinski definition) is 2. The Hall–Kier alpha value is -1.60. The van der Waals surface area contributed by atoms with Crippen LogP contribution in [0.4, 0.5) is 0 Å². The Balaban J connectivity index is 0.00000288. The van der Waals surface area contributed by atoms with Gasteiger partial charge in [-0.3, -0.25) is 4.99 Å². The third-order valence-electron chi connectivity index (χ3n) is 3.55. The maximum atomic E-state index is 5.53. The first kappa shape index (κ1) is 20.4. The molecule has 0 atom stereocenters. The third kappa shape index (κ3) is 6.88. The fourth-order valence-corrected chi connectivity index (χ4v) is 2.26. The van der Waals surface area contributed by atoms with Crippen molar-refractivity contribution >= 4 is 29.9 Å². The Labute approximate surface area is 161 Å². The molecule has 0 fully saturated rings. The second-order valence-corrected chi connectivity index (χ2v) is 5.17. The van der Waals surface area contributed by atoms with Crippen molar-refractivity contribution in [2.75, 3.05) is 13.7 Å². The predicted octanol–water partition coefficient (Wildman–Crippen LogP) is 3.71. The van der Waals surface area contributed by atoms with Crippen LogP contribution in [0.25, 0.3) is 0 Å². The van der Waals surface area contributed by atoms with Crippen LogP contribution in [-0.4, -0.2) is 19.6 Å². The van der Waals surface area contributed by atoms with Crippen LogP contribution < -0.4 is 10.6 Å². The molecular formula is C19H26IN3O. The average molecular weight is 439 g/mol. The third-order valence-corrected chi connectivity index (χ3v) is 3.55. The van der Waals surface area contributed by atoms with Crippen LogP contribution in [-0.2, 0) is 24.4 Å². The standard InChI is InChI=1S/C19H25N3O.HI/c1-3-23-15-18-12-8-7-11-17(18)14-22-19(20-2)21-13-16-9-5-4-6-10-16;/h4-12H,3,13-15H2,1-2H3,(H2,20,21,22);1H. The van der Waals surface area contributed by atoms with Gasteiger partial charge in [0.15, 0.2) is 5.96 Å². The van der Waals surface area contributed by atoms with Crippen LogP contribution in [0.3, 0.4) is 0 Å². The SMILES string of the molecule is CCOCc1ccccc1CNC(=NC)NCc1ccccc1.I. The predicted molar refractivity (Wildman–Crippen MR) is 111 cm³/mol. The Kier molecular flexibility index (Phi) is 10.1. The summed E-state index contributed by atoms with van der Waals surface area (Å²) in [5.74, 6) is 0.792. The van der Waals surface area contributed by atoms with Gasteiger partial charge in [0, 0.05) is 26.7 Å². The fourth-order valence-electron chi connectivity index (χ4n) is 2.26. The Morgan fingerprint density at radius 3 is 2.21 bits per heavy atom. The van der Waals surface area contributed by atoms with Gasteiger partial charge in [0.05, 0.1) is 6.61 Å². The number of hydrogen-bond donors (Lipinski definition) is 2. The van der Waals surface area contributed by atoms with Crippen LogP contribution in [0.5, 0.6) is 0 Å². The molecule has 2 aromatic carbocycles. The maximum absolute atomic E-state index is 5.53. The number of nitrogens with zero attached hydrogens (tertiary/aromatic N) is 1. The Morgan fingerprint density at radius 1 is 0.917 bits per heavy atom. The first-order valence-electron chi connectivity index (χ1n) is 7.96. The highest BCUT2D eigenvalue weighted by atomic mass is 127. The minimum absolute atomic E-state index is 0. The molecule has 0 aromatic heterocycles. The zero-order chi connectivity index (χ0) is 16.3. The van der Waals surface area contributed by atoms with Crippen LogP contribution in [0.1, 0.15) is 23.6 Å². The summed E-state index contributed by atoms with van der Waals surface area (Å²) < 4.78 is 5.53. The van der Waals surface area contributed by atoms with Gasteiger partial charge >= 0.3 is 0 Å². The smallest absolute Gasteiger partial charge is 0.191 e. The van der Waals surface area contributed by atoms with Gasteiger partial charge in [0.1, 0.15) is 0 Å². The van der Waals surface area contributed by atoms with Crippen LogP contribution in [0.15, 0.2) is 59.6 Å². The highest BCUT2D eigenvalue weighted by Gasteiger charge is 2.03. The van der Waals surface area contributed by atoms with Gasteiger partial charge in [-0.15, -0.1) is 24.0 Å². The quantitative estimate of drug-likeness (QED) is 0.393. The van der Waals surface area contributed by atoms with E-state index in [4.69, 9.17) is 4.74 Å². The van der Waals surface area contributed by atoms with E-state index in [1.54, 1.807) is 7.05 Å². The molecule has 0 aliphatic heterocycles.